The van der Waals surface area contributed by atoms with Gasteiger partial charge in [-0.1, -0.05) is 61.4 Å². The SMILES string of the molecule is O=S(=O)(Nc1nc(Oc2ccn(C3CCCC3)n2)cc(-c2ccccc2)n1)c1ccccc1. The Hall–Kier alpha value is -3.72. The summed E-state index contributed by atoms with van der Waals surface area (Å²) in [6, 6.07) is 21.4. The van der Waals surface area contributed by atoms with Gasteiger partial charge in [0.15, 0.2) is 0 Å². The summed E-state index contributed by atoms with van der Waals surface area (Å²) in [5.74, 6) is 0.521. The van der Waals surface area contributed by atoms with Crippen molar-refractivity contribution < 1.29 is 13.2 Å². The Morgan fingerprint density at radius 1 is 0.879 bits per heavy atom. The third-order valence-electron chi connectivity index (χ3n) is 5.54. The molecule has 0 bridgehead atoms. The number of ether oxygens (including phenoxy) is 1. The predicted octanol–water partition coefficient (Wildman–Crippen LogP) is 5.05. The molecule has 33 heavy (non-hydrogen) atoms. The van der Waals surface area contributed by atoms with Crippen molar-refractivity contribution in [1.29, 1.82) is 0 Å². The maximum atomic E-state index is 12.8. The minimum absolute atomic E-state index is 0.0783. The Morgan fingerprint density at radius 2 is 1.58 bits per heavy atom. The first-order chi connectivity index (χ1) is 16.1. The van der Waals surface area contributed by atoms with Crippen LogP contribution in [0.3, 0.4) is 0 Å². The number of benzene rings is 2. The molecule has 1 fully saturated rings. The molecule has 2 heterocycles. The van der Waals surface area contributed by atoms with E-state index in [1.165, 1.54) is 25.0 Å². The van der Waals surface area contributed by atoms with Crippen molar-refractivity contribution in [2.75, 3.05) is 4.72 Å². The van der Waals surface area contributed by atoms with Gasteiger partial charge in [0.05, 0.1) is 16.6 Å². The van der Waals surface area contributed by atoms with Crippen LogP contribution in [-0.4, -0.2) is 28.2 Å². The zero-order valence-electron chi connectivity index (χ0n) is 17.8. The van der Waals surface area contributed by atoms with E-state index in [-0.39, 0.29) is 16.7 Å². The van der Waals surface area contributed by atoms with Crippen LogP contribution >= 0.6 is 0 Å². The summed E-state index contributed by atoms with van der Waals surface area (Å²) >= 11 is 0. The van der Waals surface area contributed by atoms with Crippen molar-refractivity contribution in [3.05, 3.63) is 79.0 Å². The van der Waals surface area contributed by atoms with Gasteiger partial charge in [0.2, 0.25) is 17.7 Å². The molecule has 0 unspecified atom stereocenters. The van der Waals surface area contributed by atoms with E-state index in [0.717, 1.165) is 18.4 Å². The zero-order chi connectivity index (χ0) is 22.7. The summed E-state index contributed by atoms with van der Waals surface area (Å²) in [4.78, 5) is 8.84. The number of rotatable bonds is 7. The molecular formula is C24H23N5O3S. The Bertz CT molecular complexity index is 1340. The number of nitrogens with zero attached hydrogens (tertiary/aromatic N) is 4. The first-order valence-corrected chi connectivity index (χ1v) is 12.3. The molecule has 0 aliphatic heterocycles. The van der Waals surface area contributed by atoms with Gasteiger partial charge in [-0.05, 0) is 25.0 Å². The lowest BCUT2D eigenvalue weighted by Crippen LogP contribution is -2.15. The monoisotopic (exact) mass is 461 g/mol. The number of nitrogens with one attached hydrogen (secondary N) is 1. The fourth-order valence-corrected chi connectivity index (χ4v) is 4.88. The van der Waals surface area contributed by atoms with Crippen molar-refractivity contribution in [2.45, 2.75) is 36.6 Å². The van der Waals surface area contributed by atoms with Crippen molar-refractivity contribution in [2.24, 2.45) is 0 Å². The highest BCUT2D eigenvalue weighted by Crippen LogP contribution is 2.31. The first kappa shape index (κ1) is 21.1. The van der Waals surface area contributed by atoms with Crippen molar-refractivity contribution in [3.63, 3.8) is 0 Å². The van der Waals surface area contributed by atoms with Gasteiger partial charge in [-0.2, -0.15) is 4.98 Å². The van der Waals surface area contributed by atoms with Crippen LogP contribution in [0.15, 0.2) is 83.9 Å². The normalized spacial score (nSPS) is 14.3. The molecule has 0 saturated heterocycles. The van der Waals surface area contributed by atoms with Crippen LogP contribution in [0.2, 0.25) is 0 Å². The van der Waals surface area contributed by atoms with Gasteiger partial charge >= 0.3 is 0 Å². The standard InChI is InChI=1S/C24H23N5O3S/c30-33(31,20-13-5-2-6-14-20)28-24-25-21(18-9-3-1-4-10-18)17-23(26-24)32-22-15-16-29(27-22)19-11-7-8-12-19/h1-6,9-10,13-17,19H,7-8,11-12H2,(H,25,26,28). The molecule has 2 aromatic carbocycles. The van der Waals surface area contributed by atoms with Crippen LogP contribution in [0.25, 0.3) is 11.3 Å². The molecule has 8 nitrogen and oxygen atoms in total. The third kappa shape index (κ3) is 4.88. The topological polar surface area (TPSA) is 99.0 Å². The average Bonchev–Trinajstić information content (AvgIpc) is 3.52. The van der Waals surface area contributed by atoms with Crippen LogP contribution < -0.4 is 9.46 Å². The van der Waals surface area contributed by atoms with Gasteiger partial charge in [0, 0.05) is 23.9 Å². The fraction of sp³-hybridized carbons (Fsp3) is 0.208. The van der Waals surface area contributed by atoms with Gasteiger partial charge in [0.1, 0.15) is 0 Å². The smallest absolute Gasteiger partial charge is 0.264 e. The summed E-state index contributed by atoms with van der Waals surface area (Å²) in [6.07, 6.45) is 6.54. The molecule has 4 aromatic rings. The number of aromatic nitrogens is 4. The highest BCUT2D eigenvalue weighted by Gasteiger charge is 2.20. The summed E-state index contributed by atoms with van der Waals surface area (Å²) in [7, 11) is -3.86. The Labute approximate surface area is 192 Å². The minimum Gasteiger partial charge on any atom is -0.419 e. The molecule has 0 atom stereocenters. The van der Waals surface area contributed by atoms with Gasteiger partial charge < -0.3 is 4.74 Å². The Kier molecular flexibility index (Phi) is 5.78. The van der Waals surface area contributed by atoms with E-state index in [4.69, 9.17) is 4.74 Å². The fourth-order valence-electron chi connectivity index (χ4n) is 3.91. The maximum Gasteiger partial charge on any atom is 0.264 e. The van der Waals surface area contributed by atoms with Crippen LogP contribution in [-0.2, 0) is 10.0 Å². The summed E-state index contributed by atoms with van der Waals surface area (Å²) < 4.78 is 36.0. The second-order valence-electron chi connectivity index (χ2n) is 7.87. The highest BCUT2D eigenvalue weighted by atomic mass is 32.2. The summed E-state index contributed by atoms with van der Waals surface area (Å²) in [6.45, 7) is 0. The van der Waals surface area contributed by atoms with Gasteiger partial charge in [-0.15, -0.1) is 5.10 Å². The molecule has 0 spiro atoms. The minimum atomic E-state index is -3.86. The van der Waals surface area contributed by atoms with E-state index >= 15 is 0 Å². The lowest BCUT2D eigenvalue weighted by Gasteiger charge is -2.11. The molecule has 1 aliphatic carbocycles. The molecule has 0 radical (unpaired) electrons. The van der Waals surface area contributed by atoms with Crippen molar-refractivity contribution in [1.82, 2.24) is 19.7 Å². The van der Waals surface area contributed by atoms with Crippen LogP contribution in [0.5, 0.6) is 11.8 Å². The lowest BCUT2D eigenvalue weighted by molar-refractivity contribution is 0.408. The Balaban J connectivity index is 1.47. The molecule has 1 N–H and O–H groups in total. The molecule has 0 amide bonds. The molecule has 1 saturated carbocycles. The van der Waals surface area contributed by atoms with E-state index in [9.17, 15) is 8.42 Å². The number of anilines is 1. The molecule has 5 rings (SSSR count). The van der Waals surface area contributed by atoms with Crippen LogP contribution in [0.4, 0.5) is 5.95 Å². The summed E-state index contributed by atoms with van der Waals surface area (Å²) in [5.41, 5.74) is 1.34. The van der Waals surface area contributed by atoms with Crippen molar-refractivity contribution >= 4 is 16.0 Å². The van der Waals surface area contributed by atoms with Crippen LogP contribution in [0, 0.1) is 0 Å². The lowest BCUT2D eigenvalue weighted by atomic mass is 10.1. The van der Waals surface area contributed by atoms with Crippen molar-refractivity contribution in [3.8, 4) is 23.0 Å². The van der Waals surface area contributed by atoms with Crippen LogP contribution in [0.1, 0.15) is 31.7 Å². The second kappa shape index (κ2) is 9.03. The average molecular weight is 462 g/mol. The molecule has 9 heteroatoms. The van der Waals surface area contributed by atoms with Gasteiger partial charge in [-0.3, -0.25) is 4.68 Å². The quantitative estimate of drug-likeness (QED) is 0.414. The third-order valence-corrected chi connectivity index (χ3v) is 6.89. The van der Waals surface area contributed by atoms with E-state index in [0.29, 0.717) is 17.6 Å². The second-order valence-corrected chi connectivity index (χ2v) is 9.56. The zero-order valence-corrected chi connectivity index (χ0v) is 18.6. The molecule has 1 aliphatic rings. The van der Waals surface area contributed by atoms with E-state index in [1.807, 2.05) is 41.2 Å². The number of hydrogen-bond donors (Lipinski definition) is 1. The summed E-state index contributed by atoms with van der Waals surface area (Å²) in [5, 5.41) is 4.54. The molecular weight excluding hydrogens is 438 g/mol. The van der Waals surface area contributed by atoms with E-state index in [2.05, 4.69) is 19.8 Å². The molecule has 2 aromatic heterocycles. The highest BCUT2D eigenvalue weighted by molar-refractivity contribution is 7.92. The van der Waals surface area contributed by atoms with E-state index < -0.39 is 10.0 Å². The first-order valence-electron chi connectivity index (χ1n) is 10.8. The maximum absolute atomic E-state index is 12.8. The number of sulfonamides is 1. The van der Waals surface area contributed by atoms with Gasteiger partial charge in [-0.25, -0.2) is 18.1 Å². The number of hydrogen-bond acceptors (Lipinski definition) is 6. The molecule has 168 valence electrons. The van der Waals surface area contributed by atoms with E-state index in [1.54, 1.807) is 30.3 Å². The predicted molar refractivity (Wildman–Crippen MR) is 125 cm³/mol. The van der Waals surface area contributed by atoms with Gasteiger partial charge in [0.25, 0.3) is 10.0 Å². The Morgan fingerprint density at radius 3 is 2.30 bits per heavy atom. The largest absolute Gasteiger partial charge is 0.419 e.